The molecule has 0 aromatic carbocycles. The van der Waals surface area contributed by atoms with E-state index in [9.17, 15) is 4.79 Å². The molecule has 108 valence electrons. The van der Waals surface area contributed by atoms with Crippen LogP contribution in [0.5, 0.6) is 0 Å². The van der Waals surface area contributed by atoms with Crippen LogP contribution in [-0.2, 0) is 22.5 Å². The molecule has 9 nitrogen and oxygen atoms in total. The van der Waals surface area contributed by atoms with Gasteiger partial charge in [-0.05, 0) is 31.2 Å². The van der Waals surface area contributed by atoms with Gasteiger partial charge in [-0.25, -0.2) is 15.4 Å². The summed E-state index contributed by atoms with van der Waals surface area (Å²) in [5.41, 5.74) is -0.510. The Labute approximate surface area is 111 Å². The van der Waals surface area contributed by atoms with Crippen molar-refractivity contribution >= 4 is 6.09 Å². The van der Waals surface area contributed by atoms with Gasteiger partial charge in [0.2, 0.25) is 0 Å². The number of alkyl carbamates (subject to hydrolysis) is 1. The molecule has 3 N–H and O–H groups in total. The topological polar surface area (TPSA) is 117 Å². The summed E-state index contributed by atoms with van der Waals surface area (Å²) in [5.74, 6) is 5.58. The maximum Gasteiger partial charge on any atom is 0.407 e. The fourth-order valence-electron chi connectivity index (χ4n) is 1.31. The van der Waals surface area contributed by atoms with Crippen molar-refractivity contribution in [3.05, 3.63) is 5.82 Å². The fraction of sp³-hybridized carbons (Fsp3) is 0.800. The second kappa shape index (κ2) is 7.00. The number of nitrogens with two attached hydrogens (primary N) is 1. The lowest BCUT2D eigenvalue weighted by molar-refractivity contribution is 0.0528. The SMILES string of the molecule is CC(C)(C)OC(=O)NCCc1nnnn1CCON. The zero-order valence-corrected chi connectivity index (χ0v) is 11.4. The minimum absolute atomic E-state index is 0.317. The van der Waals surface area contributed by atoms with Crippen LogP contribution in [-0.4, -0.2) is 45.1 Å². The molecule has 1 rings (SSSR count). The van der Waals surface area contributed by atoms with Crippen LogP contribution < -0.4 is 11.2 Å². The minimum atomic E-state index is -0.510. The van der Waals surface area contributed by atoms with Crippen molar-refractivity contribution in [2.75, 3.05) is 13.2 Å². The number of tetrazole rings is 1. The maximum atomic E-state index is 11.4. The molecule has 9 heteroatoms. The monoisotopic (exact) mass is 272 g/mol. The lowest BCUT2D eigenvalue weighted by Gasteiger charge is -2.19. The van der Waals surface area contributed by atoms with Crippen molar-refractivity contribution < 1.29 is 14.4 Å². The number of aromatic nitrogens is 4. The summed E-state index contributed by atoms with van der Waals surface area (Å²) >= 11 is 0. The Morgan fingerprint density at radius 3 is 2.84 bits per heavy atom. The molecule has 0 aliphatic heterocycles. The Hall–Kier alpha value is -1.74. The standard InChI is InChI=1S/C10H20N6O3/c1-10(2,3)19-9(17)12-5-4-8-13-14-15-16(8)6-7-18-11/h4-7,11H2,1-3H3,(H,12,17). The first kappa shape index (κ1) is 15.3. The fourth-order valence-corrected chi connectivity index (χ4v) is 1.31. The molecule has 1 heterocycles. The molecular weight excluding hydrogens is 252 g/mol. The van der Waals surface area contributed by atoms with E-state index in [1.54, 1.807) is 25.5 Å². The van der Waals surface area contributed by atoms with Gasteiger partial charge in [0, 0.05) is 13.0 Å². The van der Waals surface area contributed by atoms with E-state index in [0.29, 0.717) is 31.9 Å². The van der Waals surface area contributed by atoms with Gasteiger partial charge in [0.05, 0.1) is 13.2 Å². The van der Waals surface area contributed by atoms with Crippen LogP contribution in [0.1, 0.15) is 26.6 Å². The maximum absolute atomic E-state index is 11.4. The predicted molar refractivity (Wildman–Crippen MR) is 65.9 cm³/mol. The number of hydrogen-bond donors (Lipinski definition) is 2. The van der Waals surface area contributed by atoms with Crippen LogP contribution in [0.15, 0.2) is 0 Å². The van der Waals surface area contributed by atoms with Gasteiger partial charge in [-0.3, -0.25) is 0 Å². The van der Waals surface area contributed by atoms with E-state index in [0.717, 1.165) is 0 Å². The lowest BCUT2D eigenvalue weighted by Crippen LogP contribution is -2.33. The molecule has 0 unspecified atom stereocenters. The number of ether oxygens (including phenoxy) is 1. The van der Waals surface area contributed by atoms with Crippen molar-refractivity contribution in [2.45, 2.75) is 39.3 Å². The molecule has 0 radical (unpaired) electrons. The molecule has 1 amide bonds. The molecule has 0 spiro atoms. The third kappa shape index (κ3) is 6.11. The predicted octanol–water partition coefficient (Wildman–Crippen LogP) is -0.369. The smallest absolute Gasteiger partial charge is 0.407 e. The summed E-state index contributed by atoms with van der Waals surface area (Å²) in [5, 5.41) is 13.8. The summed E-state index contributed by atoms with van der Waals surface area (Å²) < 4.78 is 6.68. The molecule has 0 atom stereocenters. The summed E-state index contributed by atoms with van der Waals surface area (Å²) in [6.45, 7) is 6.58. The van der Waals surface area contributed by atoms with E-state index in [4.69, 9.17) is 10.6 Å². The van der Waals surface area contributed by atoms with Gasteiger partial charge >= 0.3 is 6.09 Å². The highest BCUT2D eigenvalue weighted by molar-refractivity contribution is 5.67. The number of nitrogens with zero attached hydrogens (tertiary/aromatic N) is 4. The van der Waals surface area contributed by atoms with E-state index in [2.05, 4.69) is 25.7 Å². The van der Waals surface area contributed by atoms with Gasteiger partial charge in [-0.1, -0.05) is 0 Å². The minimum Gasteiger partial charge on any atom is -0.444 e. The number of nitrogens with one attached hydrogen (secondary N) is 1. The zero-order chi connectivity index (χ0) is 14.3. The van der Waals surface area contributed by atoms with Gasteiger partial charge in [0.25, 0.3) is 0 Å². The van der Waals surface area contributed by atoms with E-state index in [-0.39, 0.29) is 0 Å². The van der Waals surface area contributed by atoms with Gasteiger partial charge < -0.3 is 14.9 Å². The van der Waals surface area contributed by atoms with E-state index >= 15 is 0 Å². The highest BCUT2D eigenvalue weighted by Gasteiger charge is 2.15. The van der Waals surface area contributed by atoms with Crippen molar-refractivity contribution in [1.82, 2.24) is 25.5 Å². The second-order valence-corrected chi connectivity index (χ2v) is 4.87. The van der Waals surface area contributed by atoms with E-state index < -0.39 is 11.7 Å². The highest BCUT2D eigenvalue weighted by Crippen LogP contribution is 2.06. The van der Waals surface area contributed by atoms with Crippen LogP contribution in [0.3, 0.4) is 0 Å². The van der Waals surface area contributed by atoms with Crippen LogP contribution >= 0.6 is 0 Å². The first-order chi connectivity index (χ1) is 8.92. The molecule has 1 aromatic rings. The van der Waals surface area contributed by atoms with Crippen LogP contribution in [0.2, 0.25) is 0 Å². The van der Waals surface area contributed by atoms with Gasteiger partial charge in [-0.15, -0.1) is 5.10 Å². The Morgan fingerprint density at radius 1 is 1.47 bits per heavy atom. The largest absolute Gasteiger partial charge is 0.444 e. The quantitative estimate of drug-likeness (QED) is 0.678. The van der Waals surface area contributed by atoms with Crippen LogP contribution in [0, 0.1) is 0 Å². The van der Waals surface area contributed by atoms with Crippen molar-refractivity contribution in [3.63, 3.8) is 0 Å². The molecule has 19 heavy (non-hydrogen) atoms. The number of hydrogen-bond acceptors (Lipinski definition) is 7. The Morgan fingerprint density at radius 2 is 2.21 bits per heavy atom. The molecule has 0 aliphatic carbocycles. The summed E-state index contributed by atoms with van der Waals surface area (Å²) in [6, 6.07) is 0. The third-order valence-electron chi connectivity index (χ3n) is 2.04. The molecule has 0 bridgehead atoms. The van der Waals surface area contributed by atoms with Crippen molar-refractivity contribution in [2.24, 2.45) is 5.90 Å². The summed E-state index contributed by atoms with van der Waals surface area (Å²) in [7, 11) is 0. The van der Waals surface area contributed by atoms with Crippen molar-refractivity contribution in [3.8, 4) is 0 Å². The molecule has 0 aliphatic rings. The Kier molecular flexibility index (Phi) is 5.64. The van der Waals surface area contributed by atoms with Crippen molar-refractivity contribution in [1.29, 1.82) is 0 Å². The number of amides is 1. The zero-order valence-electron chi connectivity index (χ0n) is 11.4. The van der Waals surface area contributed by atoms with Gasteiger partial charge in [-0.2, -0.15) is 0 Å². The average molecular weight is 272 g/mol. The molecular formula is C10H20N6O3. The summed E-state index contributed by atoms with van der Waals surface area (Å²) in [6.07, 6.45) is 0.0356. The number of rotatable bonds is 6. The molecule has 0 fully saturated rings. The normalized spacial score (nSPS) is 11.4. The summed E-state index contributed by atoms with van der Waals surface area (Å²) in [4.78, 5) is 15.9. The van der Waals surface area contributed by atoms with E-state index in [1.807, 2.05) is 0 Å². The van der Waals surface area contributed by atoms with Gasteiger partial charge in [0.15, 0.2) is 5.82 Å². The first-order valence-electron chi connectivity index (χ1n) is 5.96. The number of carbonyl (C=O) groups excluding carboxylic acids is 1. The van der Waals surface area contributed by atoms with Gasteiger partial charge in [0.1, 0.15) is 5.60 Å². The first-order valence-corrected chi connectivity index (χ1v) is 5.96. The van der Waals surface area contributed by atoms with E-state index in [1.165, 1.54) is 0 Å². The lowest BCUT2D eigenvalue weighted by atomic mass is 10.2. The highest BCUT2D eigenvalue weighted by atomic mass is 16.6. The third-order valence-corrected chi connectivity index (χ3v) is 2.04. The molecule has 1 aromatic heterocycles. The number of carbonyl (C=O) groups is 1. The Bertz CT molecular complexity index is 400. The average Bonchev–Trinajstić information content (AvgIpc) is 2.71. The van der Waals surface area contributed by atoms with Crippen LogP contribution in [0.4, 0.5) is 4.79 Å². The molecule has 0 saturated heterocycles. The Balaban J connectivity index is 2.33. The van der Waals surface area contributed by atoms with Crippen LogP contribution in [0.25, 0.3) is 0 Å². The molecule has 0 saturated carbocycles. The second-order valence-electron chi connectivity index (χ2n) is 4.87.